The first-order chi connectivity index (χ1) is 8.19. The molecule has 2 aromatic rings. The van der Waals surface area contributed by atoms with Crippen molar-refractivity contribution in [2.45, 2.75) is 26.8 Å². The first-order valence-electron chi connectivity index (χ1n) is 6.02. The van der Waals surface area contributed by atoms with Crippen LogP contribution < -0.4 is 5.73 Å². The fourth-order valence-corrected chi connectivity index (χ4v) is 1.89. The van der Waals surface area contributed by atoms with E-state index in [0.717, 1.165) is 23.4 Å². The Kier molecular flexibility index (Phi) is 3.59. The first kappa shape index (κ1) is 11.9. The maximum absolute atomic E-state index is 5.64. The fraction of sp³-hybridized carbons (Fsp3) is 0.357. The van der Waals surface area contributed by atoms with Crippen LogP contribution in [-0.4, -0.2) is 9.97 Å². The second-order valence-electron chi connectivity index (χ2n) is 4.76. The number of nitrogens with one attached hydrogen (secondary N) is 1. The third kappa shape index (κ3) is 2.94. The van der Waals surface area contributed by atoms with Gasteiger partial charge in [-0.25, -0.2) is 4.98 Å². The van der Waals surface area contributed by atoms with Gasteiger partial charge in [0.1, 0.15) is 5.82 Å². The monoisotopic (exact) mass is 229 g/mol. The Balaban J connectivity index is 2.24. The number of rotatable bonds is 4. The van der Waals surface area contributed by atoms with Crippen LogP contribution in [0.1, 0.15) is 25.1 Å². The molecule has 0 saturated heterocycles. The van der Waals surface area contributed by atoms with Crippen LogP contribution in [0, 0.1) is 5.92 Å². The summed E-state index contributed by atoms with van der Waals surface area (Å²) < 4.78 is 0. The Labute approximate surface area is 102 Å². The molecule has 1 heterocycles. The fourth-order valence-electron chi connectivity index (χ4n) is 1.89. The Morgan fingerprint density at radius 2 is 2.18 bits per heavy atom. The van der Waals surface area contributed by atoms with Gasteiger partial charge in [-0.1, -0.05) is 32.0 Å². The molecule has 2 rings (SSSR count). The van der Waals surface area contributed by atoms with E-state index < -0.39 is 0 Å². The van der Waals surface area contributed by atoms with Gasteiger partial charge in [0, 0.05) is 24.0 Å². The van der Waals surface area contributed by atoms with Crippen LogP contribution in [0.4, 0.5) is 0 Å². The number of hydrogen-bond donors (Lipinski definition) is 2. The maximum atomic E-state index is 5.64. The predicted octanol–water partition coefficient (Wildman–Crippen LogP) is 2.73. The highest BCUT2D eigenvalue weighted by atomic mass is 14.9. The Hall–Kier alpha value is -1.61. The highest BCUT2D eigenvalue weighted by molar-refractivity contribution is 5.56. The van der Waals surface area contributed by atoms with Crippen LogP contribution >= 0.6 is 0 Å². The molecule has 0 saturated carbocycles. The van der Waals surface area contributed by atoms with E-state index in [0.29, 0.717) is 12.5 Å². The van der Waals surface area contributed by atoms with E-state index in [1.165, 1.54) is 5.69 Å². The normalized spacial score (nSPS) is 11.1. The van der Waals surface area contributed by atoms with Crippen LogP contribution in [0.15, 0.2) is 30.5 Å². The zero-order valence-corrected chi connectivity index (χ0v) is 10.4. The Morgan fingerprint density at radius 1 is 1.35 bits per heavy atom. The predicted molar refractivity (Wildman–Crippen MR) is 70.5 cm³/mol. The molecule has 0 atom stereocenters. The average molecular weight is 229 g/mol. The van der Waals surface area contributed by atoms with Crippen LogP contribution in [0.3, 0.4) is 0 Å². The smallest absolute Gasteiger partial charge is 0.137 e. The molecule has 1 aromatic heterocycles. The summed E-state index contributed by atoms with van der Waals surface area (Å²) in [5.74, 6) is 1.56. The van der Waals surface area contributed by atoms with Gasteiger partial charge >= 0.3 is 0 Å². The van der Waals surface area contributed by atoms with Gasteiger partial charge in [0.25, 0.3) is 0 Å². The molecule has 0 bridgehead atoms. The van der Waals surface area contributed by atoms with E-state index in [1.807, 2.05) is 18.3 Å². The molecule has 0 spiro atoms. The summed E-state index contributed by atoms with van der Waals surface area (Å²) in [5.41, 5.74) is 9.05. The summed E-state index contributed by atoms with van der Waals surface area (Å²) in [4.78, 5) is 7.78. The number of hydrogen-bond acceptors (Lipinski definition) is 2. The van der Waals surface area contributed by atoms with Crippen molar-refractivity contribution in [3.8, 4) is 11.4 Å². The quantitative estimate of drug-likeness (QED) is 0.847. The highest BCUT2D eigenvalue weighted by Crippen LogP contribution is 2.18. The van der Waals surface area contributed by atoms with Crippen molar-refractivity contribution in [2.75, 3.05) is 0 Å². The third-order valence-corrected chi connectivity index (χ3v) is 2.69. The van der Waals surface area contributed by atoms with Gasteiger partial charge in [-0.15, -0.1) is 0 Å². The van der Waals surface area contributed by atoms with E-state index in [2.05, 4.69) is 35.9 Å². The van der Waals surface area contributed by atoms with E-state index in [4.69, 9.17) is 5.73 Å². The van der Waals surface area contributed by atoms with E-state index in [9.17, 15) is 0 Å². The number of nitrogens with zero attached hydrogens (tertiary/aromatic N) is 1. The van der Waals surface area contributed by atoms with Crippen molar-refractivity contribution in [3.63, 3.8) is 0 Å². The minimum Gasteiger partial charge on any atom is -0.342 e. The van der Waals surface area contributed by atoms with Gasteiger partial charge in [-0.05, 0) is 24.0 Å². The molecular weight excluding hydrogens is 210 g/mol. The standard InChI is InChI=1S/C14H19N3/c1-10(2)6-13-9-16-14(17-13)12-5-3-4-11(7-12)8-15/h3-5,7,9-10H,6,8,15H2,1-2H3,(H,16,17). The van der Waals surface area contributed by atoms with E-state index in [1.54, 1.807) is 0 Å². The minimum absolute atomic E-state index is 0.563. The summed E-state index contributed by atoms with van der Waals surface area (Å²) in [6.45, 7) is 4.97. The molecule has 0 aliphatic carbocycles. The van der Waals surface area contributed by atoms with Crippen LogP contribution in [0.2, 0.25) is 0 Å². The van der Waals surface area contributed by atoms with Gasteiger partial charge in [0.05, 0.1) is 0 Å². The number of aromatic nitrogens is 2. The van der Waals surface area contributed by atoms with E-state index >= 15 is 0 Å². The molecule has 0 amide bonds. The van der Waals surface area contributed by atoms with Crippen molar-refractivity contribution >= 4 is 0 Å². The zero-order valence-electron chi connectivity index (χ0n) is 10.4. The van der Waals surface area contributed by atoms with Crippen molar-refractivity contribution in [1.82, 2.24) is 9.97 Å². The highest BCUT2D eigenvalue weighted by Gasteiger charge is 2.05. The molecule has 0 aliphatic rings. The summed E-state index contributed by atoms with van der Waals surface area (Å²) in [5, 5.41) is 0. The molecule has 0 aliphatic heterocycles. The third-order valence-electron chi connectivity index (χ3n) is 2.69. The van der Waals surface area contributed by atoms with Crippen molar-refractivity contribution < 1.29 is 0 Å². The second-order valence-corrected chi connectivity index (χ2v) is 4.76. The second kappa shape index (κ2) is 5.15. The molecular formula is C14H19N3. The van der Waals surface area contributed by atoms with Gasteiger partial charge < -0.3 is 10.7 Å². The molecule has 90 valence electrons. The molecule has 1 aromatic carbocycles. The van der Waals surface area contributed by atoms with Crippen LogP contribution in [0.25, 0.3) is 11.4 Å². The summed E-state index contributed by atoms with van der Waals surface area (Å²) in [6.07, 6.45) is 2.95. The van der Waals surface area contributed by atoms with E-state index in [-0.39, 0.29) is 0 Å². The molecule has 3 N–H and O–H groups in total. The first-order valence-corrected chi connectivity index (χ1v) is 6.02. The van der Waals surface area contributed by atoms with Crippen molar-refractivity contribution in [1.29, 1.82) is 0 Å². The lowest BCUT2D eigenvalue weighted by molar-refractivity contribution is 0.638. The van der Waals surface area contributed by atoms with Crippen LogP contribution in [-0.2, 0) is 13.0 Å². The summed E-state index contributed by atoms with van der Waals surface area (Å²) in [7, 11) is 0. The average Bonchev–Trinajstić information content (AvgIpc) is 2.77. The maximum Gasteiger partial charge on any atom is 0.137 e. The number of nitrogens with two attached hydrogens (primary N) is 1. The summed E-state index contributed by atoms with van der Waals surface area (Å²) in [6, 6.07) is 8.18. The lowest BCUT2D eigenvalue weighted by atomic mass is 10.1. The molecule has 3 nitrogen and oxygen atoms in total. The van der Waals surface area contributed by atoms with Crippen molar-refractivity contribution in [2.24, 2.45) is 11.7 Å². The van der Waals surface area contributed by atoms with Crippen LogP contribution in [0.5, 0.6) is 0 Å². The summed E-state index contributed by atoms with van der Waals surface area (Å²) >= 11 is 0. The molecule has 17 heavy (non-hydrogen) atoms. The molecule has 0 fully saturated rings. The largest absolute Gasteiger partial charge is 0.342 e. The lowest BCUT2D eigenvalue weighted by Crippen LogP contribution is -1.96. The zero-order chi connectivity index (χ0) is 12.3. The van der Waals surface area contributed by atoms with Gasteiger partial charge in [-0.3, -0.25) is 0 Å². The van der Waals surface area contributed by atoms with Crippen molar-refractivity contribution in [3.05, 3.63) is 41.7 Å². The number of H-pyrrole nitrogens is 1. The van der Waals surface area contributed by atoms with Gasteiger partial charge in [0.15, 0.2) is 0 Å². The minimum atomic E-state index is 0.563. The number of imidazole rings is 1. The number of benzene rings is 1. The lowest BCUT2D eigenvalue weighted by Gasteiger charge is -2.02. The van der Waals surface area contributed by atoms with Gasteiger partial charge in [-0.2, -0.15) is 0 Å². The molecule has 3 heteroatoms. The van der Waals surface area contributed by atoms with Gasteiger partial charge in [0.2, 0.25) is 0 Å². The molecule has 0 radical (unpaired) electrons. The Morgan fingerprint density at radius 3 is 2.88 bits per heavy atom. The SMILES string of the molecule is CC(C)Cc1cnc(-c2cccc(CN)c2)[nH]1. The number of aromatic amines is 1. The Bertz CT molecular complexity index is 486. The topological polar surface area (TPSA) is 54.7 Å². The molecule has 0 unspecified atom stereocenters.